The Hall–Kier alpha value is -1.99. The summed E-state index contributed by atoms with van der Waals surface area (Å²) in [7, 11) is 0. The average molecular weight is 280 g/mol. The van der Waals surface area contributed by atoms with Gasteiger partial charge in [-0.25, -0.2) is 0 Å². The van der Waals surface area contributed by atoms with E-state index in [0.717, 1.165) is 0 Å². The lowest BCUT2D eigenvalue weighted by molar-refractivity contribution is -0.384. The Morgan fingerprint density at radius 3 is 2.35 bits per heavy atom. The van der Waals surface area contributed by atoms with E-state index in [0.29, 0.717) is 18.8 Å². The van der Waals surface area contributed by atoms with Gasteiger partial charge in [0.2, 0.25) is 0 Å². The van der Waals surface area contributed by atoms with Gasteiger partial charge in [-0.05, 0) is 26.0 Å². The Morgan fingerprint density at radius 1 is 1.30 bits per heavy atom. The van der Waals surface area contributed by atoms with Crippen LogP contribution in [0.4, 0.5) is 5.69 Å². The summed E-state index contributed by atoms with van der Waals surface area (Å²) in [5.41, 5.74) is 0.313. The first-order chi connectivity index (χ1) is 9.37. The standard InChI is InChI=1S/C13H16N2O5/c1-13(2)19-7-10(8-20-13)14-12(16)9-3-5-11(6-4-9)15(17)18/h3-6,10H,7-8H2,1-2H3,(H,14,16). The van der Waals surface area contributed by atoms with Crippen molar-refractivity contribution in [2.75, 3.05) is 13.2 Å². The Balaban J connectivity index is 1.93. The van der Waals surface area contributed by atoms with E-state index in [9.17, 15) is 14.9 Å². The zero-order valence-electron chi connectivity index (χ0n) is 11.3. The number of non-ortho nitro benzene ring substituents is 1. The van der Waals surface area contributed by atoms with E-state index >= 15 is 0 Å². The maximum absolute atomic E-state index is 12.0. The first-order valence-electron chi connectivity index (χ1n) is 6.21. The predicted octanol–water partition coefficient (Wildman–Crippen LogP) is 1.48. The number of amides is 1. The van der Waals surface area contributed by atoms with Gasteiger partial charge < -0.3 is 14.8 Å². The minimum absolute atomic E-state index is 0.0485. The summed E-state index contributed by atoms with van der Waals surface area (Å²) in [5.74, 6) is -0.939. The highest BCUT2D eigenvalue weighted by Crippen LogP contribution is 2.17. The van der Waals surface area contributed by atoms with Crippen LogP contribution >= 0.6 is 0 Å². The molecule has 0 spiro atoms. The van der Waals surface area contributed by atoms with Crippen LogP contribution in [-0.4, -0.2) is 35.9 Å². The zero-order chi connectivity index (χ0) is 14.8. The van der Waals surface area contributed by atoms with Gasteiger partial charge >= 0.3 is 0 Å². The van der Waals surface area contributed by atoms with Gasteiger partial charge in [0.15, 0.2) is 5.79 Å². The first kappa shape index (κ1) is 14.4. The minimum Gasteiger partial charge on any atom is -0.348 e. The van der Waals surface area contributed by atoms with Gasteiger partial charge in [0.05, 0.1) is 24.2 Å². The number of nitrogens with one attached hydrogen (secondary N) is 1. The van der Waals surface area contributed by atoms with Gasteiger partial charge in [-0.1, -0.05) is 0 Å². The Labute approximate surface area is 116 Å². The van der Waals surface area contributed by atoms with Gasteiger partial charge in [0.1, 0.15) is 0 Å². The molecule has 0 aliphatic carbocycles. The minimum atomic E-state index is -0.630. The number of hydrogen-bond donors (Lipinski definition) is 1. The maximum Gasteiger partial charge on any atom is 0.269 e. The molecule has 0 atom stereocenters. The number of ether oxygens (including phenoxy) is 2. The summed E-state index contributed by atoms with van der Waals surface area (Å²) in [4.78, 5) is 22.0. The monoisotopic (exact) mass is 280 g/mol. The van der Waals surface area contributed by atoms with Crippen molar-refractivity contribution >= 4 is 11.6 Å². The number of rotatable bonds is 3. The Morgan fingerprint density at radius 2 is 1.85 bits per heavy atom. The third kappa shape index (κ3) is 3.52. The molecule has 1 fully saturated rings. The lowest BCUT2D eigenvalue weighted by atomic mass is 10.1. The molecule has 1 N–H and O–H groups in total. The van der Waals surface area contributed by atoms with E-state index in [1.54, 1.807) is 13.8 Å². The predicted molar refractivity (Wildman–Crippen MR) is 70.3 cm³/mol. The molecule has 7 nitrogen and oxygen atoms in total. The molecule has 0 unspecified atom stereocenters. The zero-order valence-corrected chi connectivity index (χ0v) is 11.3. The molecule has 1 aromatic carbocycles. The van der Waals surface area contributed by atoms with Crippen LogP contribution in [0.3, 0.4) is 0 Å². The summed E-state index contributed by atoms with van der Waals surface area (Å²) in [5, 5.41) is 13.3. The molecular formula is C13H16N2O5. The average Bonchev–Trinajstić information content (AvgIpc) is 2.41. The lowest BCUT2D eigenvalue weighted by Crippen LogP contribution is -2.50. The lowest BCUT2D eigenvalue weighted by Gasteiger charge is -2.35. The van der Waals surface area contributed by atoms with Crippen molar-refractivity contribution in [3.8, 4) is 0 Å². The molecule has 108 valence electrons. The van der Waals surface area contributed by atoms with Gasteiger partial charge in [0.25, 0.3) is 11.6 Å². The Kier molecular flexibility index (Phi) is 4.01. The van der Waals surface area contributed by atoms with Crippen molar-refractivity contribution in [3.63, 3.8) is 0 Å². The second-order valence-corrected chi connectivity index (χ2v) is 5.00. The fourth-order valence-corrected chi connectivity index (χ4v) is 1.78. The number of carbonyl (C=O) groups excluding carboxylic acids is 1. The van der Waals surface area contributed by atoms with Crippen LogP contribution in [-0.2, 0) is 9.47 Å². The highest BCUT2D eigenvalue weighted by molar-refractivity contribution is 5.94. The van der Waals surface area contributed by atoms with Gasteiger partial charge in [-0.2, -0.15) is 0 Å². The molecule has 0 radical (unpaired) electrons. The third-order valence-corrected chi connectivity index (χ3v) is 2.94. The third-order valence-electron chi connectivity index (χ3n) is 2.94. The van der Waals surface area contributed by atoms with Gasteiger partial charge in [-0.15, -0.1) is 0 Å². The van der Waals surface area contributed by atoms with Gasteiger partial charge in [0, 0.05) is 17.7 Å². The topological polar surface area (TPSA) is 90.7 Å². The van der Waals surface area contributed by atoms with E-state index in [4.69, 9.17) is 9.47 Å². The number of nitrogens with zero attached hydrogens (tertiary/aromatic N) is 1. The van der Waals surface area contributed by atoms with E-state index in [1.165, 1.54) is 24.3 Å². The molecule has 0 bridgehead atoms. The molecule has 1 heterocycles. The van der Waals surface area contributed by atoms with E-state index in [1.807, 2.05) is 0 Å². The number of nitro benzene ring substituents is 1. The second kappa shape index (κ2) is 5.56. The van der Waals surface area contributed by atoms with Crippen LogP contribution in [0.1, 0.15) is 24.2 Å². The summed E-state index contributed by atoms with van der Waals surface area (Å²) in [6, 6.07) is 5.20. The molecule has 7 heteroatoms. The summed E-state index contributed by atoms with van der Waals surface area (Å²) in [6.45, 7) is 4.35. The summed E-state index contributed by atoms with van der Waals surface area (Å²) < 4.78 is 10.9. The van der Waals surface area contributed by atoms with Crippen molar-refractivity contribution in [2.45, 2.75) is 25.7 Å². The van der Waals surface area contributed by atoms with Crippen molar-refractivity contribution < 1.29 is 19.2 Å². The smallest absolute Gasteiger partial charge is 0.269 e. The molecule has 2 rings (SSSR count). The maximum atomic E-state index is 12.0. The number of hydrogen-bond acceptors (Lipinski definition) is 5. The highest BCUT2D eigenvalue weighted by Gasteiger charge is 2.29. The molecule has 1 aromatic rings. The second-order valence-electron chi connectivity index (χ2n) is 5.00. The van der Waals surface area contributed by atoms with E-state index in [-0.39, 0.29) is 17.6 Å². The molecular weight excluding hydrogens is 264 g/mol. The van der Waals surface area contributed by atoms with Crippen molar-refractivity contribution in [2.24, 2.45) is 0 Å². The fraction of sp³-hybridized carbons (Fsp3) is 0.462. The van der Waals surface area contributed by atoms with Crippen LogP contribution in [0.2, 0.25) is 0 Å². The SMILES string of the molecule is CC1(C)OCC(NC(=O)c2ccc([N+](=O)[O-])cc2)CO1. The molecule has 1 aliphatic rings. The first-order valence-corrected chi connectivity index (χ1v) is 6.21. The molecule has 1 saturated heterocycles. The van der Waals surface area contributed by atoms with Crippen molar-refractivity contribution in [3.05, 3.63) is 39.9 Å². The molecule has 0 aromatic heterocycles. The molecule has 20 heavy (non-hydrogen) atoms. The normalized spacial score (nSPS) is 18.5. The molecule has 0 saturated carbocycles. The molecule has 1 aliphatic heterocycles. The Bertz CT molecular complexity index is 502. The van der Waals surface area contributed by atoms with Crippen LogP contribution in [0.5, 0.6) is 0 Å². The molecule has 1 amide bonds. The van der Waals surface area contributed by atoms with Gasteiger partial charge in [-0.3, -0.25) is 14.9 Å². The number of nitro groups is 1. The number of carbonyl (C=O) groups is 1. The largest absolute Gasteiger partial charge is 0.348 e. The summed E-state index contributed by atoms with van der Waals surface area (Å²) >= 11 is 0. The van der Waals surface area contributed by atoms with Crippen molar-refractivity contribution in [1.29, 1.82) is 0 Å². The quantitative estimate of drug-likeness (QED) is 0.669. The van der Waals surface area contributed by atoms with Crippen LogP contribution in [0, 0.1) is 10.1 Å². The van der Waals surface area contributed by atoms with Crippen molar-refractivity contribution in [1.82, 2.24) is 5.32 Å². The fourth-order valence-electron chi connectivity index (χ4n) is 1.78. The van der Waals surface area contributed by atoms with E-state index in [2.05, 4.69) is 5.32 Å². The van der Waals surface area contributed by atoms with Crippen LogP contribution < -0.4 is 5.32 Å². The highest BCUT2D eigenvalue weighted by atomic mass is 16.7. The summed E-state index contributed by atoms with van der Waals surface area (Å²) in [6.07, 6.45) is 0. The van der Waals surface area contributed by atoms with Crippen LogP contribution in [0.15, 0.2) is 24.3 Å². The van der Waals surface area contributed by atoms with E-state index < -0.39 is 10.7 Å². The number of benzene rings is 1. The van der Waals surface area contributed by atoms with Crippen LogP contribution in [0.25, 0.3) is 0 Å².